The molecule has 21 heavy (non-hydrogen) atoms. The van der Waals surface area contributed by atoms with Crippen molar-refractivity contribution in [3.8, 4) is 0 Å². The SMILES string of the molecule is C=C[C@@]1(C)CC[C@](C(C)CC)([C@]2(C)CCCC(C)(C)C2)O1. The van der Waals surface area contributed by atoms with E-state index in [1.165, 1.54) is 38.5 Å². The summed E-state index contributed by atoms with van der Waals surface area (Å²) in [5.74, 6) is 0.609. The molecule has 0 aromatic carbocycles. The van der Waals surface area contributed by atoms with Gasteiger partial charge >= 0.3 is 0 Å². The average Bonchev–Trinajstić information content (AvgIpc) is 2.77. The molecular weight excluding hydrogens is 256 g/mol. The largest absolute Gasteiger partial charge is 0.364 e. The summed E-state index contributed by atoms with van der Waals surface area (Å²) in [7, 11) is 0. The maximum atomic E-state index is 6.86. The fourth-order valence-electron chi connectivity index (χ4n) is 5.34. The van der Waals surface area contributed by atoms with Gasteiger partial charge in [0.1, 0.15) is 0 Å². The van der Waals surface area contributed by atoms with Crippen LogP contribution in [0.25, 0.3) is 0 Å². The van der Waals surface area contributed by atoms with Gasteiger partial charge in [-0.05, 0) is 55.8 Å². The van der Waals surface area contributed by atoms with E-state index in [0.717, 1.165) is 6.42 Å². The first-order chi connectivity index (χ1) is 9.62. The van der Waals surface area contributed by atoms with Gasteiger partial charge in [0.25, 0.3) is 0 Å². The third-order valence-corrected chi connectivity index (χ3v) is 6.72. The molecule has 2 rings (SSSR count). The van der Waals surface area contributed by atoms with E-state index in [9.17, 15) is 0 Å². The van der Waals surface area contributed by atoms with Crippen molar-refractivity contribution in [1.29, 1.82) is 0 Å². The molecule has 1 unspecified atom stereocenters. The molecule has 1 saturated carbocycles. The highest BCUT2D eigenvalue weighted by Gasteiger charge is 2.59. The summed E-state index contributed by atoms with van der Waals surface area (Å²) in [5, 5.41) is 0. The van der Waals surface area contributed by atoms with E-state index in [0.29, 0.717) is 16.7 Å². The molecule has 4 atom stereocenters. The number of hydrogen-bond donors (Lipinski definition) is 0. The smallest absolute Gasteiger partial charge is 0.0840 e. The Hall–Kier alpha value is -0.300. The van der Waals surface area contributed by atoms with E-state index in [1.807, 2.05) is 6.08 Å². The monoisotopic (exact) mass is 292 g/mol. The highest BCUT2D eigenvalue weighted by atomic mass is 16.5. The zero-order valence-electron chi connectivity index (χ0n) is 15.2. The van der Waals surface area contributed by atoms with Gasteiger partial charge in [0.05, 0.1) is 11.2 Å². The second-order valence-corrected chi connectivity index (χ2v) is 9.07. The highest BCUT2D eigenvalue weighted by molar-refractivity contribution is 5.12. The maximum absolute atomic E-state index is 6.86. The predicted octanol–water partition coefficient (Wildman–Crippen LogP) is 6.13. The number of ether oxygens (including phenoxy) is 1. The summed E-state index contributed by atoms with van der Waals surface area (Å²) in [6, 6.07) is 0. The molecule has 0 radical (unpaired) electrons. The Bertz CT molecular complexity index is 399. The third-order valence-electron chi connectivity index (χ3n) is 6.72. The Morgan fingerprint density at radius 2 is 1.76 bits per heavy atom. The van der Waals surface area contributed by atoms with Crippen LogP contribution in [0.2, 0.25) is 0 Å². The molecule has 1 aliphatic carbocycles. The summed E-state index contributed by atoms with van der Waals surface area (Å²) in [5.41, 5.74) is 0.644. The van der Waals surface area contributed by atoms with Crippen LogP contribution in [0.1, 0.15) is 86.5 Å². The molecule has 2 fully saturated rings. The van der Waals surface area contributed by atoms with Gasteiger partial charge in [-0.25, -0.2) is 0 Å². The fourth-order valence-corrected chi connectivity index (χ4v) is 5.34. The normalized spacial score (nSPS) is 44.5. The van der Waals surface area contributed by atoms with Gasteiger partial charge in [0, 0.05) is 0 Å². The van der Waals surface area contributed by atoms with Gasteiger partial charge in [0.2, 0.25) is 0 Å². The first-order valence-electron chi connectivity index (χ1n) is 8.96. The van der Waals surface area contributed by atoms with Crippen molar-refractivity contribution in [2.24, 2.45) is 16.7 Å². The molecular formula is C20H36O. The van der Waals surface area contributed by atoms with Gasteiger partial charge in [0.15, 0.2) is 0 Å². The first kappa shape index (κ1) is 17.1. The molecule has 0 aromatic rings. The van der Waals surface area contributed by atoms with E-state index in [1.54, 1.807) is 0 Å². The van der Waals surface area contributed by atoms with Gasteiger partial charge in [-0.2, -0.15) is 0 Å². The lowest BCUT2D eigenvalue weighted by Gasteiger charge is -2.55. The Kier molecular flexibility index (Phi) is 4.39. The molecule has 0 spiro atoms. The van der Waals surface area contributed by atoms with Crippen molar-refractivity contribution in [2.45, 2.75) is 97.7 Å². The molecule has 1 heterocycles. The van der Waals surface area contributed by atoms with Crippen molar-refractivity contribution >= 4 is 0 Å². The summed E-state index contributed by atoms with van der Waals surface area (Å²) >= 11 is 0. The van der Waals surface area contributed by atoms with Crippen molar-refractivity contribution in [3.05, 3.63) is 12.7 Å². The van der Waals surface area contributed by atoms with E-state index in [4.69, 9.17) is 4.74 Å². The maximum Gasteiger partial charge on any atom is 0.0840 e. The molecule has 1 nitrogen and oxygen atoms in total. The van der Waals surface area contributed by atoms with E-state index >= 15 is 0 Å². The van der Waals surface area contributed by atoms with Gasteiger partial charge < -0.3 is 4.74 Å². The minimum atomic E-state index is -0.131. The lowest BCUT2D eigenvalue weighted by molar-refractivity contribution is -0.191. The zero-order chi connectivity index (χ0) is 15.9. The van der Waals surface area contributed by atoms with Crippen LogP contribution < -0.4 is 0 Å². The van der Waals surface area contributed by atoms with Crippen LogP contribution in [0.15, 0.2) is 12.7 Å². The number of hydrogen-bond acceptors (Lipinski definition) is 1. The first-order valence-corrected chi connectivity index (χ1v) is 8.96. The molecule has 2 aliphatic rings. The van der Waals surface area contributed by atoms with E-state index < -0.39 is 0 Å². The van der Waals surface area contributed by atoms with Gasteiger partial charge in [-0.3, -0.25) is 0 Å². The number of rotatable bonds is 4. The summed E-state index contributed by atoms with van der Waals surface area (Å²) < 4.78 is 6.86. The molecule has 0 bridgehead atoms. The molecule has 0 N–H and O–H groups in total. The lowest BCUT2D eigenvalue weighted by atomic mass is 9.54. The summed E-state index contributed by atoms with van der Waals surface area (Å²) in [4.78, 5) is 0. The summed E-state index contributed by atoms with van der Waals surface area (Å²) in [6.07, 6.45) is 10.9. The van der Waals surface area contributed by atoms with Crippen LogP contribution >= 0.6 is 0 Å². The predicted molar refractivity (Wildman–Crippen MR) is 91.5 cm³/mol. The van der Waals surface area contributed by atoms with E-state index in [-0.39, 0.29) is 11.2 Å². The topological polar surface area (TPSA) is 9.23 Å². The fraction of sp³-hybridized carbons (Fsp3) is 0.900. The molecule has 122 valence electrons. The van der Waals surface area contributed by atoms with Crippen LogP contribution in [0.3, 0.4) is 0 Å². The Labute approximate surface area is 132 Å². The molecule has 1 saturated heterocycles. The van der Waals surface area contributed by atoms with Crippen LogP contribution in [-0.4, -0.2) is 11.2 Å². The minimum Gasteiger partial charge on any atom is -0.364 e. The van der Waals surface area contributed by atoms with Crippen LogP contribution in [0, 0.1) is 16.7 Å². The second-order valence-electron chi connectivity index (χ2n) is 9.07. The Morgan fingerprint density at radius 3 is 2.24 bits per heavy atom. The van der Waals surface area contributed by atoms with E-state index in [2.05, 4.69) is 48.1 Å². The molecule has 0 amide bonds. The molecule has 1 heteroatoms. The van der Waals surface area contributed by atoms with Crippen molar-refractivity contribution in [1.82, 2.24) is 0 Å². The highest BCUT2D eigenvalue weighted by Crippen LogP contribution is 2.61. The summed E-state index contributed by atoms with van der Waals surface area (Å²) in [6.45, 7) is 18.4. The molecule has 1 aliphatic heterocycles. The third kappa shape index (κ3) is 2.83. The lowest BCUT2D eigenvalue weighted by Crippen LogP contribution is -2.55. The standard InChI is InChI=1S/C20H36O/c1-8-16(3)20(14-13-19(7,9-2)21-20)18(6)12-10-11-17(4,5)15-18/h9,16H,2,8,10-15H2,1,3-7H3/t16?,18-,19+,20+/m1/s1. The van der Waals surface area contributed by atoms with Crippen LogP contribution in [-0.2, 0) is 4.74 Å². The average molecular weight is 293 g/mol. The van der Waals surface area contributed by atoms with Crippen molar-refractivity contribution in [2.75, 3.05) is 0 Å². The zero-order valence-corrected chi connectivity index (χ0v) is 15.2. The second kappa shape index (κ2) is 5.41. The van der Waals surface area contributed by atoms with Crippen LogP contribution in [0.4, 0.5) is 0 Å². The minimum absolute atomic E-state index is 0.0301. The molecule has 0 aromatic heterocycles. The quantitative estimate of drug-likeness (QED) is 0.566. The Morgan fingerprint density at radius 1 is 1.10 bits per heavy atom. The van der Waals surface area contributed by atoms with Gasteiger partial charge in [-0.15, -0.1) is 6.58 Å². The van der Waals surface area contributed by atoms with Crippen molar-refractivity contribution < 1.29 is 4.74 Å². The van der Waals surface area contributed by atoms with Gasteiger partial charge in [-0.1, -0.05) is 53.5 Å². The van der Waals surface area contributed by atoms with Crippen LogP contribution in [0.5, 0.6) is 0 Å². The Balaban J connectivity index is 2.39. The van der Waals surface area contributed by atoms with Crippen molar-refractivity contribution in [3.63, 3.8) is 0 Å².